The minimum absolute atomic E-state index is 0.0714. The number of amides is 1. The quantitative estimate of drug-likeness (QED) is 0.819. The summed E-state index contributed by atoms with van der Waals surface area (Å²) in [6, 6.07) is 4.18. The lowest BCUT2D eigenvalue weighted by molar-refractivity contribution is -0.125. The minimum atomic E-state index is -0.0730. The van der Waals surface area contributed by atoms with Crippen molar-refractivity contribution >= 4 is 17.2 Å². The van der Waals surface area contributed by atoms with Crippen LogP contribution >= 0.6 is 11.3 Å². The highest BCUT2D eigenvalue weighted by Gasteiger charge is 2.22. The van der Waals surface area contributed by atoms with Crippen molar-refractivity contribution in [2.45, 2.75) is 33.2 Å². The Labute approximate surface area is 107 Å². The zero-order valence-corrected chi connectivity index (χ0v) is 11.6. The van der Waals surface area contributed by atoms with Gasteiger partial charge in [-0.25, -0.2) is 0 Å². The summed E-state index contributed by atoms with van der Waals surface area (Å²) >= 11 is 1.68. The van der Waals surface area contributed by atoms with E-state index in [4.69, 9.17) is 5.73 Å². The van der Waals surface area contributed by atoms with Crippen LogP contribution in [0.5, 0.6) is 0 Å². The summed E-state index contributed by atoms with van der Waals surface area (Å²) in [4.78, 5) is 13.2. The summed E-state index contributed by atoms with van der Waals surface area (Å²) in [5, 5.41) is 5.15. The number of nitrogens with two attached hydrogens (primary N) is 1. The maximum absolute atomic E-state index is 12.0. The molecule has 0 saturated carbocycles. The Kier molecular flexibility index (Phi) is 5.65. The first kappa shape index (κ1) is 14.2. The van der Waals surface area contributed by atoms with Gasteiger partial charge in [-0.2, -0.15) is 0 Å². The normalized spacial score (nSPS) is 14.6. The average Bonchev–Trinajstić information content (AvgIpc) is 2.80. The smallest absolute Gasteiger partial charge is 0.224 e. The fourth-order valence-corrected chi connectivity index (χ4v) is 2.71. The van der Waals surface area contributed by atoms with E-state index in [2.05, 4.69) is 25.2 Å². The highest BCUT2D eigenvalue weighted by atomic mass is 32.1. The van der Waals surface area contributed by atoms with Gasteiger partial charge in [0, 0.05) is 17.3 Å². The van der Waals surface area contributed by atoms with Crippen LogP contribution in [0.1, 0.15) is 38.1 Å². The summed E-state index contributed by atoms with van der Waals surface area (Å²) < 4.78 is 0. The van der Waals surface area contributed by atoms with Gasteiger partial charge >= 0.3 is 0 Å². The van der Waals surface area contributed by atoms with Crippen molar-refractivity contribution in [1.82, 2.24) is 5.32 Å². The van der Waals surface area contributed by atoms with Gasteiger partial charge < -0.3 is 11.1 Å². The molecule has 0 radical (unpaired) electrons. The fraction of sp³-hybridized carbons (Fsp3) is 0.615. The van der Waals surface area contributed by atoms with Crippen LogP contribution in [0.3, 0.4) is 0 Å². The van der Waals surface area contributed by atoms with Crippen LogP contribution in [0.15, 0.2) is 17.5 Å². The molecule has 1 heterocycles. The molecule has 0 aromatic carbocycles. The second-order valence-electron chi connectivity index (χ2n) is 4.59. The average molecular weight is 254 g/mol. The largest absolute Gasteiger partial charge is 0.348 e. The number of hydrogen-bond acceptors (Lipinski definition) is 3. The number of thiophene rings is 1. The van der Waals surface area contributed by atoms with Crippen molar-refractivity contribution < 1.29 is 4.79 Å². The van der Waals surface area contributed by atoms with Crippen LogP contribution in [-0.4, -0.2) is 12.5 Å². The van der Waals surface area contributed by atoms with Crippen molar-refractivity contribution in [3.63, 3.8) is 0 Å². The maximum Gasteiger partial charge on any atom is 0.224 e. The predicted octanol–water partition coefficient (Wildman–Crippen LogP) is 2.55. The van der Waals surface area contributed by atoms with Crippen LogP contribution in [0.4, 0.5) is 0 Å². The van der Waals surface area contributed by atoms with E-state index in [-0.39, 0.29) is 17.9 Å². The van der Waals surface area contributed by atoms with E-state index in [1.165, 1.54) is 4.88 Å². The van der Waals surface area contributed by atoms with Gasteiger partial charge in [0.2, 0.25) is 5.91 Å². The molecule has 96 valence electrons. The second-order valence-corrected chi connectivity index (χ2v) is 5.57. The Morgan fingerprint density at radius 3 is 2.65 bits per heavy atom. The number of carbonyl (C=O) groups excluding carboxylic acids is 1. The lowest BCUT2D eigenvalue weighted by atomic mass is 10.00. The number of nitrogens with one attached hydrogen (secondary N) is 1. The highest BCUT2D eigenvalue weighted by molar-refractivity contribution is 7.10. The minimum Gasteiger partial charge on any atom is -0.348 e. The summed E-state index contributed by atoms with van der Waals surface area (Å²) in [7, 11) is 0. The number of carbonyl (C=O) groups is 1. The molecule has 0 aliphatic rings. The first-order valence-corrected chi connectivity index (χ1v) is 7.01. The van der Waals surface area contributed by atoms with Gasteiger partial charge in [0.25, 0.3) is 0 Å². The number of rotatable bonds is 6. The third kappa shape index (κ3) is 3.82. The predicted molar refractivity (Wildman–Crippen MR) is 72.9 cm³/mol. The maximum atomic E-state index is 12.0. The van der Waals surface area contributed by atoms with E-state index in [1.807, 2.05) is 18.4 Å². The molecule has 1 rings (SSSR count). The van der Waals surface area contributed by atoms with Crippen molar-refractivity contribution in [3.8, 4) is 0 Å². The van der Waals surface area contributed by atoms with E-state index in [0.717, 1.165) is 6.42 Å². The van der Waals surface area contributed by atoms with Crippen LogP contribution in [0.2, 0.25) is 0 Å². The molecule has 1 aromatic heterocycles. The van der Waals surface area contributed by atoms with Gasteiger partial charge in [-0.05, 0) is 23.8 Å². The van der Waals surface area contributed by atoms with E-state index < -0.39 is 0 Å². The standard InChI is InChI=1S/C13H22N2OS/c1-4-10(8-14)13(16)15-12(9(2)3)11-6-5-7-17-11/h5-7,9-10,12H,4,8,14H2,1-3H3,(H,15,16). The molecule has 4 heteroatoms. The molecular formula is C13H22N2OS. The molecule has 17 heavy (non-hydrogen) atoms. The van der Waals surface area contributed by atoms with Crippen LogP contribution in [0, 0.1) is 11.8 Å². The Morgan fingerprint density at radius 2 is 2.24 bits per heavy atom. The lowest BCUT2D eigenvalue weighted by Gasteiger charge is -2.23. The summed E-state index contributed by atoms with van der Waals surface area (Å²) in [6.07, 6.45) is 0.789. The Balaban J connectivity index is 2.71. The lowest BCUT2D eigenvalue weighted by Crippen LogP contribution is -2.38. The van der Waals surface area contributed by atoms with Crippen LogP contribution < -0.4 is 11.1 Å². The molecule has 0 saturated heterocycles. The topological polar surface area (TPSA) is 55.1 Å². The molecule has 3 nitrogen and oxygen atoms in total. The number of hydrogen-bond donors (Lipinski definition) is 2. The van der Waals surface area contributed by atoms with E-state index in [1.54, 1.807) is 11.3 Å². The molecule has 0 aliphatic heterocycles. The van der Waals surface area contributed by atoms with Gasteiger partial charge in [0.05, 0.1) is 6.04 Å². The van der Waals surface area contributed by atoms with Gasteiger partial charge in [-0.3, -0.25) is 4.79 Å². The van der Waals surface area contributed by atoms with Crippen molar-refractivity contribution in [3.05, 3.63) is 22.4 Å². The molecule has 3 N–H and O–H groups in total. The fourth-order valence-electron chi connectivity index (χ4n) is 1.76. The molecule has 0 spiro atoms. The Bertz CT molecular complexity index is 331. The summed E-state index contributed by atoms with van der Waals surface area (Å²) in [5.74, 6) is 0.381. The molecule has 2 unspecified atom stereocenters. The first-order valence-electron chi connectivity index (χ1n) is 6.14. The molecule has 0 bridgehead atoms. The summed E-state index contributed by atoms with van der Waals surface area (Å²) in [5.41, 5.74) is 5.60. The zero-order chi connectivity index (χ0) is 12.8. The second kappa shape index (κ2) is 6.77. The van der Waals surface area contributed by atoms with Crippen LogP contribution in [0.25, 0.3) is 0 Å². The molecule has 1 amide bonds. The van der Waals surface area contributed by atoms with E-state index in [0.29, 0.717) is 12.5 Å². The third-order valence-corrected chi connectivity index (χ3v) is 3.92. The van der Waals surface area contributed by atoms with Gasteiger partial charge in [-0.15, -0.1) is 11.3 Å². The van der Waals surface area contributed by atoms with Gasteiger partial charge in [-0.1, -0.05) is 26.8 Å². The molecule has 2 atom stereocenters. The van der Waals surface area contributed by atoms with Crippen molar-refractivity contribution in [2.24, 2.45) is 17.6 Å². The molecular weight excluding hydrogens is 232 g/mol. The third-order valence-electron chi connectivity index (χ3n) is 2.96. The van der Waals surface area contributed by atoms with E-state index in [9.17, 15) is 4.79 Å². The highest BCUT2D eigenvalue weighted by Crippen LogP contribution is 2.26. The summed E-state index contributed by atoms with van der Waals surface area (Å²) in [6.45, 7) is 6.65. The monoisotopic (exact) mass is 254 g/mol. The first-order chi connectivity index (χ1) is 8.10. The van der Waals surface area contributed by atoms with Crippen molar-refractivity contribution in [1.29, 1.82) is 0 Å². The molecule has 1 aromatic rings. The van der Waals surface area contributed by atoms with Gasteiger partial charge in [0.15, 0.2) is 0 Å². The Morgan fingerprint density at radius 1 is 1.53 bits per heavy atom. The van der Waals surface area contributed by atoms with E-state index >= 15 is 0 Å². The molecule has 0 fully saturated rings. The van der Waals surface area contributed by atoms with Crippen molar-refractivity contribution in [2.75, 3.05) is 6.54 Å². The zero-order valence-electron chi connectivity index (χ0n) is 10.8. The van der Waals surface area contributed by atoms with Gasteiger partial charge in [0.1, 0.15) is 0 Å². The SMILES string of the molecule is CCC(CN)C(=O)NC(c1cccs1)C(C)C. The Hall–Kier alpha value is -0.870. The van der Waals surface area contributed by atoms with Crippen LogP contribution in [-0.2, 0) is 4.79 Å². The molecule has 0 aliphatic carbocycles.